The number of hydrogen-bond acceptors (Lipinski definition) is 4. The number of amides is 1. The topological polar surface area (TPSA) is 88.8 Å². The van der Waals surface area contributed by atoms with Crippen LogP contribution >= 0.6 is 11.6 Å². The molecule has 7 heteroatoms. The van der Waals surface area contributed by atoms with E-state index in [1.54, 1.807) is 0 Å². The maximum absolute atomic E-state index is 11.9. The lowest BCUT2D eigenvalue weighted by molar-refractivity contribution is -0.148. The quantitative estimate of drug-likeness (QED) is 0.862. The molecule has 18 heavy (non-hydrogen) atoms. The molecule has 1 aromatic heterocycles. The second kappa shape index (κ2) is 4.62. The van der Waals surface area contributed by atoms with E-state index < -0.39 is 23.3 Å². The van der Waals surface area contributed by atoms with Crippen LogP contribution in [-0.4, -0.2) is 36.2 Å². The molecule has 0 saturated carbocycles. The Morgan fingerprint density at radius 1 is 1.61 bits per heavy atom. The van der Waals surface area contributed by atoms with Crippen LogP contribution in [-0.2, 0) is 9.53 Å². The molecule has 1 aliphatic rings. The zero-order chi connectivity index (χ0) is 13.3. The Bertz CT molecular complexity index is 486. The van der Waals surface area contributed by atoms with Gasteiger partial charge in [-0.25, -0.2) is 0 Å². The van der Waals surface area contributed by atoms with Gasteiger partial charge in [0.15, 0.2) is 0 Å². The summed E-state index contributed by atoms with van der Waals surface area (Å²) in [6.45, 7) is 1.75. The van der Waals surface area contributed by atoms with E-state index in [-0.39, 0.29) is 24.0 Å². The zero-order valence-electron chi connectivity index (χ0n) is 9.60. The van der Waals surface area contributed by atoms with Crippen LogP contribution in [0.15, 0.2) is 16.7 Å². The lowest BCUT2D eigenvalue weighted by Crippen LogP contribution is -2.49. The van der Waals surface area contributed by atoms with Crippen molar-refractivity contribution in [2.24, 2.45) is 5.41 Å². The van der Waals surface area contributed by atoms with E-state index in [0.717, 1.165) is 0 Å². The Kier molecular flexibility index (Phi) is 3.32. The van der Waals surface area contributed by atoms with Crippen LogP contribution in [0.4, 0.5) is 0 Å². The molecule has 0 radical (unpaired) electrons. The smallest absolute Gasteiger partial charge is 0.313 e. The van der Waals surface area contributed by atoms with Gasteiger partial charge in [-0.05, 0) is 24.6 Å². The van der Waals surface area contributed by atoms with Crippen LogP contribution in [0.5, 0.6) is 0 Å². The molecule has 1 aromatic rings. The molecule has 0 spiro atoms. The minimum absolute atomic E-state index is 0.0246. The number of hydrogen-bond donors (Lipinski definition) is 2. The maximum Gasteiger partial charge on any atom is 0.313 e. The first-order valence-electron chi connectivity index (χ1n) is 5.30. The molecule has 1 fully saturated rings. The zero-order valence-corrected chi connectivity index (χ0v) is 10.4. The molecule has 0 aliphatic carbocycles. The van der Waals surface area contributed by atoms with Gasteiger partial charge < -0.3 is 19.6 Å². The number of halogens is 1. The maximum atomic E-state index is 11.9. The molecule has 98 valence electrons. The highest BCUT2D eigenvalue weighted by Crippen LogP contribution is 2.29. The monoisotopic (exact) mass is 273 g/mol. The van der Waals surface area contributed by atoms with Gasteiger partial charge in [-0.15, -0.1) is 0 Å². The molecule has 0 bridgehead atoms. The molecule has 1 saturated heterocycles. The number of carboxylic acid groups (broad SMARTS) is 1. The molecule has 2 heterocycles. The van der Waals surface area contributed by atoms with E-state index in [1.807, 2.05) is 0 Å². The highest BCUT2D eigenvalue weighted by Gasteiger charge is 2.47. The summed E-state index contributed by atoms with van der Waals surface area (Å²) in [7, 11) is 0. The molecule has 2 atom stereocenters. The fourth-order valence-electron chi connectivity index (χ4n) is 1.78. The van der Waals surface area contributed by atoms with E-state index in [0.29, 0.717) is 0 Å². The van der Waals surface area contributed by atoms with Crippen LogP contribution in [0.3, 0.4) is 0 Å². The van der Waals surface area contributed by atoms with Crippen LogP contribution in [0.1, 0.15) is 17.3 Å². The highest BCUT2D eigenvalue weighted by molar-refractivity contribution is 6.32. The van der Waals surface area contributed by atoms with Crippen molar-refractivity contribution < 1.29 is 23.8 Å². The van der Waals surface area contributed by atoms with Crippen molar-refractivity contribution in [1.29, 1.82) is 0 Å². The second-order valence-corrected chi connectivity index (χ2v) is 4.72. The third-order valence-corrected chi connectivity index (χ3v) is 3.40. The Morgan fingerprint density at radius 2 is 2.33 bits per heavy atom. The number of furan rings is 1. The summed E-state index contributed by atoms with van der Waals surface area (Å²) in [5.74, 6) is -1.49. The van der Waals surface area contributed by atoms with Crippen LogP contribution in [0.2, 0.25) is 5.22 Å². The van der Waals surface area contributed by atoms with Crippen LogP contribution in [0, 0.1) is 5.41 Å². The largest absolute Gasteiger partial charge is 0.481 e. The fourth-order valence-corrected chi connectivity index (χ4v) is 1.98. The minimum atomic E-state index is -1.13. The Morgan fingerprint density at radius 3 is 2.89 bits per heavy atom. The van der Waals surface area contributed by atoms with Gasteiger partial charge in [-0.2, -0.15) is 0 Å². The Labute approximate surface area is 108 Å². The lowest BCUT2D eigenvalue weighted by Gasteiger charge is -2.25. The normalized spacial score (nSPS) is 27.1. The number of carboxylic acids is 1. The van der Waals surface area contributed by atoms with Gasteiger partial charge in [0.25, 0.3) is 5.91 Å². The molecular weight excluding hydrogens is 262 g/mol. The summed E-state index contributed by atoms with van der Waals surface area (Å²) in [6.07, 6.45) is 1.29. The summed E-state index contributed by atoms with van der Waals surface area (Å²) in [6, 6.07) is 0.819. The van der Waals surface area contributed by atoms with Gasteiger partial charge in [-0.3, -0.25) is 9.59 Å². The van der Waals surface area contributed by atoms with Gasteiger partial charge in [-0.1, -0.05) is 0 Å². The fraction of sp³-hybridized carbons (Fsp3) is 0.455. The van der Waals surface area contributed by atoms with Gasteiger partial charge in [0.1, 0.15) is 5.41 Å². The minimum Gasteiger partial charge on any atom is -0.481 e. The number of aliphatic carboxylic acids is 1. The first-order chi connectivity index (χ1) is 8.45. The molecule has 2 rings (SSSR count). The van der Waals surface area contributed by atoms with Crippen LogP contribution < -0.4 is 5.32 Å². The third-order valence-electron chi connectivity index (χ3n) is 3.11. The summed E-state index contributed by atoms with van der Waals surface area (Å²) in [4.78, 5) is 23.1. The van der Waals surface area contributed by atoms with E-state index in [2.05, 4.69) is 5.32 Å². The number of rotatable bonds is 3. The third kappa shape index (κ3) is 2.09. The van der Waals surface area contributed by atoms with E-state index in [1.165, 1.54) is 19.3 Å². The number of nitrogens with one attached hydrogen (secondary N) is 1. The number of carbonyl (C=O) groups excluding carboxylic acids is 1. The molecular formula is C11H12ClNO5. The van der Waals surface area contributed by atoms with E-state index in [9.17, 15) is 9.59 Å². The van der Waals surface area contributed by atoms with Crippen molar-refractivity contribution in [3.05, 3.63) is 23.1 Å². The SMILES string of the molecule is CC1(C(=O)O)COCC1NC(=O)c1ccoc1Cl. The van der Waals surface area contributed by atoms with Crippen molar-refractivity contribution in [1.82, 2.24) is 5.32 Å². The van der Waals surface area contributed by atoms with Crippen molar-refractivity contribution in [3.63, 3.8) is 0 Å². The average Bonchev–Trinajstić information content (AvgIpc) is 2.87. The second-order valence-electron chi connectivity index (χ2n) is 4.37. The predicted molar refractivity (Wildman–Crippen MR) is 61.5 cm³/mol. The van der Waals surface area contributed by atoms with Crippen molar-refractivity contribution in [2.75, 3.05) is 13.2 Å². The molecule has 6 nitrogen and oxygen atoms in total. The lowest BCUT2D eigenvalue weighted by atomic mass is 9.85. The van der Waals surface area contributed by atoms with Gasteiger partial charge >= 0.3 is 5.97 Å². The molecule has 2 N–H and O–H groups in total. The summed E-state index contributed by atoms with van der Waals surface area (Å²) in [5.41, 5.74) is -0.956. The molecule has 0 aromatic carbocycles. The van der Waals surface area contributed by atoms with E-state index >= 15 is 0 Å². The van der Waals surface area contributed by atoms with Crippen molar-refractivity contribution in [3.8, 4) is 0 Å². The predicted octanol–water partition coefficient (Wildman–Crippen LogP) is 1.15. The summed E-state index contributed by atoms with van der Waals surface area (Å²) >= 11 is 5.68. The van der Waals surface area contributed by atoms with E-state index in [4.69, 9.17) is 25.9 Å². The first-order valence-corrected chi connectivity index (χ1v) is 5.68. The number of carbonyl (C=O) groups is 2. The highest BCUT2D eigenvalue weighted by atomic mass is 35.5. The summed E-state index contributed by atoms with van der Waals surface area (Å²) in [5, 5.41) is 11.7. The van der Waals surface area contributed by atoms with Gasteiger partial charge in [0, 0.05) is 0 Å². The Balaban J connectivity index is 2.13. The van der Waals surface area contributed by atoms with Crippen LogP contribution in [0.25, 0.3) is 0 Å². The molecule has 2 unspecified atom stereocenters. The number of ether oxygens (including phenoxy) is 1. The van der Waals surface area contributed by atoms with Crippen molar-refractivity contribution in [2.45, 2.75) is 13.0 Å². The summed E-state index contributed by atoms with van der Waals surface area (Å²) < 4.78 is 9.94. The van der Waals surface area contributed by atoms with Gasteiger partial charge in [0.2, 0.25) is 5.22 Å². The first kappa shape index (κ1) is 12.9. The average molecular weight is 274 g/mol. The van der Waals surface area contributed by atoms with Crippen molar-refractivity contribution >= 4 is 23.5 Å². The van der Waals surface area contributed by atoms with Gasteiger partial charge in [0.05, 0.1) is 31.1 Å². The standard InChI is InChI=1S/C11H12ClNO5/c1-11(10(15)16)5-17-4-7(11)13-9(14)6-2-3-18-8(6)12/h2-3,7H,4-5H2,1H3,(H,13,14)(H,15,16). The molecule has 1 amide bonds. The Hall–Kier alpha value is -1.53. The molecule has 1 aliphatic heterocycles.